The summed E-state index contributed by atoms with van der Waals surface area (Å²) in [6.07, 6.45) is 3.38. The van der Waals surface area contributed by atoms with Crippen molar-refractivity contribution in [2.45, 2.75) is 24.8 Å². The molecule has 0 saturated carbocycles. The number of aliphatic hydroxyl groups excluding tert-OH is 1. The summed E-state index contributed by atoms with van der Waals surface area (Å²) >= 11 is 1.63. The molecule has 0 aromatic carbocycles. The van der Waals surface area contributed by atoms with Crippen LogP contribution in [0.5, 0.6) is 11.8 Å². The van der Waals surface area contributed by atoms with E-state index in [1.54, 1.807) is 26.0 Å². The summed E-state index contributed by atoms with van der Waals surface area (Å²) < 4.78 is 10.4. The molecule has 7 heteroatoms. The molecule has 2 unspecified atom stereocenters. The lowest BCUT2D eigenvalue weighted by molar-refractivity contribution is 0.275. The van der Waals surface area contributed by atoms with Crippen LogP contribution in [0.15, 0.2) is 6.33 Å². The zero-order valence-corrected chi connectivity index (χ0v) is 12.5. The predicted octanol–water partition coefficient (Wildman–Crippen LogP) is 0.696. The van der Waals surface area contributed by atoms with Crippen molar-refractivity contribution in [1.29, 1.82) is 0 Å². The van der Waals surface area contributed by atoms with Gasteiger partial charge in [0.1, 0.15) is 6.33 Å². The van der Waals surface area contributed by atoms with Crippen molar-refractivity contribution in [2.75, 3.05) is 27.1 Å². The summed E-state index contributed by atoms with van der Waals surface area (Å²) in [6.45, 7) is 2.68. The van der Waals surface area contributed by atoms with Gasteiger partial charge in [-0.2, -0.15) is 11.8 Å². The van der Waals surface area contributed by atoms with E-state index in [4.69, 9.17) is 9.47 Å². The Labute approximate surface area is 117 Å². The van der Waals surface area contributed by atoms with Crippen LogP contribution in [0.4, 0.5) is 0 Å². The Kier molecular flexibility index (Phi) is 6.90. The number of thioether (sulfide) groups is 1. The van der Waals surface area contributed by atoms with Gasteiger partial charge in [0.25, 0.3) is 0 Å². The van der Waals surface area contributed by atoms with E-state index in [1.165, 1.54) is 6.33 Å². The molecule has 0 spiro atoms. The average Bonchev–Trinajstić information content (AvgIpc) is 2.45. The van der Waals surface area contributed by atoms with Gasteiger partial charge in [-0.15, -0.1) is 0 Å². The molecule has 6 nitrogen and oxygen atoms in total. The van der Waals surface area contributed by atoms with Gasteiger partial charge in [0.05, 0.1) is 26.4 Å². The van der Waals surface area contributed by atoms with Crippen molar-refractivity contribution in [3.8, 4) is 11.8 Å². The number of rotatable bonds is 8. The maximum absolute atomic E-state index is 9.26. The van der Waals surface area contributed by atoms with Gasteiger partial charge in [-0.1, -0.05) is 0 Å². The summed E-state index contributed by atoms with van der Waals surface area (Å²) in [4.78, 5) is 8.12. The van der Waals surface area contributed by atoms with Crippen LogP contribution >= 0.6 is 11.8 Å². The molecule has 1 aromatic heterocycles. The van der Waals surface area contributed by atoms with E-state index >= 15 is 0 Å². The monoisotopic (exact) mass is 287 g/mol. The highest BCUT2D eigenvalue weighted by Gasteiger charge is 2.18. The number of nitrogens with one attached hydrogen (secondary N) is 1. The predicted molar refractivity (Wildman–Crippen MR) is 75.8 cm³/mol. The Morgan fingerprint density at radius 1 is 1.32 bits per heavy atom. The lowest BCUT2D eigenvalue weighted by Crippen LogP contribution is -2.37. The molecule has 19 heavy (non-hydrogen) atoms. The molecule has 0 radical (unpaired) electrons. The van der Waals surface area contributed by atoms with Crippen LogP contribution in [0.2, 0.25) is 0 Å². The van der Waals surface area contributed by atoms with Crippen LogP contribution in [0, 0.1) is 0 Å². The van der Waals surface area contributed by atoms with Crippen LogP contribution in [-0.2, 0) is 6.54 Å². The molecule has 0 aliphatic carbocycles. The molecular formula is C12H21N3O3S. The molecule has 2 N–H and O–H groups in total. The third kappa shape index (κ3) is 4.22. The van der Waals surface area contributed by atoms with Crippen LogP contribution in [-0.4, -0.2) is 53.4 Å². The first-order chi connectivity index (χ1) is 9.17. The van der Waals surface area contributed by atoms with Crippen LogP contribution in [0.1, 0.15) is 12.5 Å². The summed E-state index contributed by atoms with van der Waals surface area (Å²) in [7, 11) is 3.13. The van der Waals surface area contributed by atoms with Gasteiger partial charge in [0, 0.05) is 17.8 Å². The van der Waals surface area contributed by atoms with Crippen LogP contribution in [0.3, 0.4) is 0 Å². The number of aliphatic hydroxyl groups is 1. The fourth-order valence-electron chi connectivity index (χ4n) is 1.72. The summed E-state index contributed by atoms with van der Waals surface area (Å²) in [5, 5.41) is 12.7. The normalized spacial score (nSPS) is 13.9. The third-order valence-corrected chi connectivity index (χ3v) is 4.06. The first kappa shape index (κ1) is 16.0. The maximum atomic E-state index is 9.26. The largest absolute Gasteiger partial charge is 0.481 e. The van der Waals surface area contributed by atoms with E-state index in [0.717, 1.165) is 5.56 Å². The van der Waals surface area contributed by atoms with E-state index in [1.807, 2.05) is 13.2 Å². The highest BCUT2D eigenvalue weighted by Crippen LogP contribution is 2.23. The number of aromatic nitrogens is 2. The molecule has 108 valence electrons. The molecule has 0 saturated heterocycles. The second kappa shape index (κ2) is 8.19. The van der Waals surface area contributed by atoms with Crippen molar-refractivity contribution in [2.24, 2.45) is 0 Å². The van der Waals surface area contributed by atoms with E-state index in [2.05, 4.69) is 15.3 Å². The van der Waals surface area contributed by atoms with Gasteiger partial charge in [0.15, 0.2) is 0 Å². The summed E-state index contributed by atoms with van der Waals surface area (Å²) in [5.41, 5.74) is 0.775. The van der Waals surface area contributed by atoms with Gasteiger partial charge in [0.2, 0.25) is 11.8 Å². The number of methoxy groups -OCH3 is 2. The highest BCUT2D eigenvalue weighted by molar-refractivity contribution is 7.99. The number of nitrogens with zero attached hydrogens (tertiary/aromatic N) is 2. The molecule has 0 amide bonds. The molecule has 0 aliphatic heterocycles. The lowest BCUT2D eigenvalue weighted by Gasteiger charge is -2.22. The van der Waals surface area contributed by atoms with E-state index in [9.17, 15) is 5.11 Å². The standard InChI is InChI=1S/C12H21N3O3S/c1-8(10(6-16)19-4)13-5-9-11(17-2)14-7-15-12(9)18-3/h7-8,10,13,16H,5-6H2,1-4H3. The van der Waals surface area contributed by atoms with Crippen molar-refractivity contribution < 1.29 is 14.6 Å². The number of ether oxygens (including phenoxy) is 2. The van der Waals surface area contributed by atoms with Crippen LogP contribution < -0.4 is 14.8 Å². The second-order valence-corrected chi connectivity index (χ2v) is 5.07. The maximum Gasteiger partial charge on any atom is 0.224 e. The van der Waals surface area contributed by atoms with Crippen molar-refractivity contribution >= 4 is 11.8 Å². The SMILES string of the molecule is COc1ncnc(OC)c1CNC(C)C(CO)SC. The van der Waals surface area contributed by atoms with Gasteiger partial charge in [-0.3, -0.25) is 0 Å². The van der Waals surface area contributed by atoms with E-state index in [-0.39, 0.29) is 17.9 Å². The molecule has 0 aliphatic rings. The highest BCUT2D eigenvalue weighted by atomic mass is 32.2. The fraction of sp³-hybridized carbons (Fsp3) is 0.667. The van der Waals surface area contributed by atoms with Gasteiger partial charge in [-0.25, -0.2) is 9.97 Å². The van der Waals surface area contributed by atoms with E-state index in [0.29, 0.717) is 18.3 Å². The molecule has 1 rings (SSSR count). The summed E-state index contributed by atoms with van der Waals surface area (Å²) in [5.74, 6) is 0.993. The minimum Gasteiger partial charge on any atom is -0.481 e. The fourth-order valence-corrected chi connectivity index (χ4v) is 2.37. The molecular weight excluding hydrogens is 266 g/mol. The zero-order valence-electron chi connectivity index (χ0n) is 11.7. The Morgan fingerprint density at radius 3 is 2.32 bits per heavy atom. The Balaban J connectivity index is 2.76. The van der Waals surface area contributed by atoms with Crippen molar-refractivity contribution in [3.63, 3.8) is 0 Å². The smallest absolute Gasteiger partial charge is 0.224 e. The Morgan fingerprint density at radius 2 is 1.89 bits per heavy atom. The Bertz CT molecular complexity index is 366. The molecule has 0 fully saturated rings. The topological polar surface area (TPSA) is 76.5 Å². The first-order valence-corrected chi connectivity index (χ1v) is 7.25. The average molecular weight is 287 g/mol. The van der Waals surface area contributed by atoms with Gasteiger partial charge < -0.3 is 19.9 Å². The molecule has 1 heterocycles. The molecule has 2 atom stereocenters. The minimum absolute atomic E-state index is 0.134. The van der Waals surface area contributed by atoms with Gasteiger partial charge >= 0.3 is 0 Å². The molecule has 1 aromatic rings. The summed E-state index contributed by atoms with van der Waals surface area (Å²) in [6, 6.07) is 0.148. The lowest BCUT2D eigenvalue weighted by atomic mass is 10.2. The quantitative estimate of drug-likeness (QED) is 0.728. The first-order valence-electron chi connectivity index (χ1n) is 5.96. The zero-order chi connectivity index (χ0) is 14.3. The van der Waals surface area contributed by atoms with Crippen molar-refractivity contribution in [1.82, 2.24) is 15.3 Å². The van der Waals surface area contributed by atoms with Crippen LogP contribution in [0.25, 0.3) is 0 Å². The third-order valence-electron chi connectivity index (χ3n) is 2.89. The minimum atomic E-state index is 0.134. The number of hydrogen-bond donors (Lipinski definition) is 2. The van der Waals surface area contributed by atoms with E-state index < -0.39 is 0 Å². The number of hydrogen-bond acceptors (Lipinski definition) is 7. The molecule has 0 bridgehead atoms. The Hall–Kier alpha value is -1.05. The van der Waals surface area contributed by atoms with Crippen molar-refractivity contribution in [3.05, 3.63) is 11.9 Å². The second-order valence-electron chi connectivity index (χ2n) is 4.00. The van der Waals surface area contributed by atoms with Gasteiger partial charge in [-0.05, 0) is 13.2 Å².